The zero-order valence-corrected chi connectivity index (χ0v) is 13.1. The summed E-state index contributed by atoms with van der Waals surface area (Å²) >= 11 is 0. The molecular weight excluding hydrogens is 292 g/mol. The molecule has 0 aromatic heterocycles. The molecule has 3 rings (SSSR count). The van der Waals surface area contributed by atoms with Crippen LogP contribution >= 0.6 is 0 Å². The van der Waals surface area contributed by atoms with E-state index in [1.807, 2.05) is 54.7 Å². The summed E-state index contributed by atoms with van der Waals surface area (Å²) in [5.41, 5.74) is 1.69. The van der Waals surface area contributed by atoms with E-state index in [1.165, 1.54) is 0 Å². The van der Waals surface area contributed by atoms with Crippen LogP contribution in [0.2, 0.25) is 0 Å². The van der Waals surface area contributed by atoms with Gasteiger partial charge < -0.3 is 14.4 Å². The Kier molecular flexibility index (Phi) is 4.28. The number of amides is 1. The third kappa shape index (κ3) is 3.18. The second-order valence-corrected chi connectivity index (χ2v) is 5.21. The molecule has 1 heterocycles. The molecule has 0 radical (unpaired) electrons. The van der Waals surface area contributed by atoms with Crippen LogP contribution in [0.1, 0.15) is 6.42 Å². The number of ether oxygens (including phenoxy) is 2. The Labute approximate surface area is 135 Å². The molecule has 5 heteroatoms. The summed E-state index contributed by atoms with van der Waals surface area (Å²) in [5.74, 6) is 1.66. The smallest absolute Gasteiger partial charge is 0.230 e. The Morgan fingerprint density at radius 2 is 1.57 bits per heavy atom. The fraction of sp³-hybridized carbons (Fsp3) is 0.222. The number of β-lactam (4-membered cyclic amide) rings is 1. The zero-order valence-electron chi connectivity index (χ0n) is 13.1. The van der Waals surface area contributed by atoms with E-state index in [0.29, 0.717) is 6.42 Å². The van der Waals surface area contributed by atoms with Crippen molar-refractivity contribution in [3.05, 3.63) is 48.5 Å². The lowest BCUT2D eigenvalue weighted by Gasteiger charge is -2.38. The lowest BCUT2D eigenvalue weighted by molar-refractivity contribution is -0.122. The Bertz CT molecular complexity index is 708. The van der Waals surface area contributed by atoms with E-state index >= 15 is 0 Å². The van der Waals surface area contributed by atoms with Crippen molar-refractivity contribution in [2.75, 3.05) is 19.1 Å². The number of carbonyl (C=O) groups is 1. The minimum atomic E-state index is -0.0157. The summed E-state index contributed by atoms with van der Waals surface area (Å²) in [4.78, 5) is 18.1. The van der Waals surface area contributed by atoms with Crippen molar-refractivity contribution in [2.45, 2.75) is 12.5 Å². The van der Waals surface area contributed by atoms with E-state index in [9.17, 15) is 4.79 Å². The molecule has 0 aliphatic carbocycles. The van der Waals surface area contributed by atoms with Gasteiger partial charge in [-0.3, -0.25) is 9.79 Å². The van der Waals surface area contributed by atoms with Gasteiger partial charge in [0.05, 0.1) is 32.4 Å². The maximum absolute atomic E-state index is 11.9. The molecule has 0 spiro atoms. The van der Waals surface area contributed by atoms with Gasteiger partial charge in [0, 0.05) is 11.9 Å². The highest BCUT2D eigenvalue weighted by Crippen LogP contribution is 2.29. The number of hydrogen-bond acceptors (Lipinski definition) is 4. The molecule has 118 valence electrons. The standard InChI is InChI=1S/C18H18N2O3/c1-22-16-7-3-13(4-8-16)19-12-15-11-18(21)20(15)14-5-9-17(23-2)10-6-14/h3-10,12,15H,11H2,1-2H3. The molecule has 1 fully saturated rings. The van der Waals surface area contributed by atoms with Crippen LogP contribution in [0.25, 0.3) is 0 Å². The highest BCUT2D eigenvalue weighted by molar-refractivity contribution is 6.07. The van der Waals surface area contributed by atoms with Gasteiger partial charge in [0.25, 0.3) is 0 Å². The molecule has 0 saturated carbocycles. The number of benzene rings is 2. The van der Waals surface area contributed by atoms with Crippen LogP contribution in [-0.2, 0) is 4.79 Å². The number of anilines is 1. The van der Waals surface area contributed by atoms with Crippen LogP contribution in [0.4, 0.5) is 11.4 Å². The molecular formula is C18H18N2O3. The van der Waals surface area contributed by atoms with Gasteiger partial charge in [-0.1, -0.05) is 0 Å². The van der Waals surface area contributed by atoms with Crippen molar-refractivity contribution in [2.24, 2.45) is 4.99 Å². The molecule has 1 unspecified atom stereocenters. The van der Waals surface area contributed by atoms with Crippen molar-refractivity contribution in [3.63, 3.8) is 0 Å². The van der Waals surface area contributed by atoms with E-state index in [-0.39, 0.29) is 11.9 Å². The van der Waals surface area contributed by atoms with Crippen molar-refractivity contribution in [1.82, 2.24) is 0 Å². The molecule has 1 saturated heterocycles. The minimum absolute atomic E-state index is 0.0157. The van der Waals surface area contributed by atoms with Crippen LogP contribution in [0.15, 0.2) is 53.5 Å². The SMILES string of the molecule is COc1ccc(N=CC2CC(=O)N2c2ccc(OC)cc2)cc1. The summed E-state index contributed by atoms with van der Waals surface area (Å²) in [6.45, 7) is 0. The third-order valence-electron chi connectivity index (χ3n) is 3.80. The average Bonchev–Trinajstić information content (AvgIpc) is 2.59. The van der Waals surface area contributed by atoms with Gasteiger partial charge in [0.15, 0.2) is 0 Å². The predicted octanol–water partition coefficient (Wildman–Crippen LogP) is 3.21. The average molecular weight is 310 g/mol. The quantitative estimate of drug-likeness (QED) is 0.629. The first-order valence-corrected chi connectivity index (χ1v) is 7.35. The van der Waals surface area contributed by atoms with Crippen molar-refractivity contribution in [1.29, 1.82) is 0 Å². The monoisotopic (exact) mass is 310 g/mol. The maximum Gasteiger partial charge on any atom is 0.230 e. The van der Waals surface area contributed by atoms with E-state index in [2.05, 4.69) is 4.99 Å². The summed E-state index contributed by atoms with van der Waals surface area (Å²) in [6, 6.07) is 14.9. The molecule has 0 bridgehead atoms. The predicted molar refractivity (Wildman–Crippen MR) is 90.0 cm³/mol. The van der Waals surface area contributed by atoms with Crippen LogP contribution in [-0.4, -0.2) is 32.4 Å². The minimum Gasteiger partial charge on any atom is -0.497 e. The number of carbonyl (C=O) groups excluding carboxylic acids is 1. The first-order chi connectivity index (χ1) is 11.2. The number of methoxy groups -OCH3 is 2. The Morgan fingerprint density at radius 3 is 2.09 bits per heavy atom. The van der Waals surface area contributed by atoms with E-state index < -0.39 is 0 Å². The molecule has 1 amide bonds. The number of rotatable bonds is 5. The lowest BCUT2D eigenvalue weighted by Crippen LogP contribution is -2.53. The number of aliphatic imine (C=N–C) groups is 1. The van der Waals surface area contributed by atoms with E-state index in [0.717, 1.165) is 22.9 Å². The molecule has 5 nitrogen and oxygen atoms in total. The van der Waals surface area contributed by atoms with Gasteiger partial charge in [0.1, 0.15) is 11.5 Å². The first-order valence-electron chi connectivity index (χ1n) is 7.35. The van der Waals surface area contributed by atoms with Gasteiger partial charge in [-0.2, -0.15) is 0 Å². The molecule has 0 N–H and O–H groups in total. The van der Waals surface area contributed by atoms with Crippen LogP contribution in [0, 0.1) is 0 Å². The van der Waals surface area contributed by atoms with Crippen LogP contribution < -0.4 is 14.4 Å². The van der Waals surface area contributed by atoms with E-state index in [4.69, 9.17) is 9.47 Å². The second kappa shape index (κ2) is 6.52. The molecule has 23 heavy (non-hydrogen) atoms. The summed E-state index contributed by atoms with van der Waals surface area (Å²) < 4.78 is 10.3. The largest absolute Gasteiger partial charge is 0.497 e. The second-order valence-electron chi connectivity index (χ2n) is 5.21. The number of hydrogen-bond donors (Lipinski definition) is 0. The summed E-state index contributed by atoms with van der Waals surface area (Å²) in [5, 5.41) is 0. The molecule has 1 atom stereocenters. The zero-order chi connectivity index (χ0) is 16.2. The number of nitrogens with zero attached hydrogens (tertiary/aromatic N) is 2. The van der Waals surface area contributed by atoms with Gasteiger partial charge in [-0.25, -0.2) is 0 Å². The van der Waals surface area contributed by atoms with Gasteiger partial charge in [-0.15, -0.1) is 0 Å². The first kappa shape index (κ1) is 15.1. The molecule has 2 aromatic carbocycles. The molecule has 1 aliphatic heterocycles. The normalized spacial score (nSPS) is 17.2. The van der Waals surface area contributed by atoms with E-state index in [1.54, 1.807) is 19.1 Å². The molecule has 1 aliphatic rings. The van der Waals surface area contributed by atoms with Crippen molar-refractivity contribution >= 4 is 23.5 Å². The Morgan fingerprint density at radius 1 is 1.00 bits per heavy atom. The lowest BCUT2D eigenvalue weighted by atomic mass is 10.0. The van der Waals surface area contributed by atoms with Crippen molar-refractivity contribution in [3.8, 4) is 11.5 Å². The topological polar surface area (TPSA) is 51.1 Å². The highest BCUT2D eigenvalue weighted by Gasteiger charge is 2.35. The fourth-order valence-electron chi connectivity index (χ4n) is 2.48. The summed E-state index contributed by atoms with van der Waals surface area (Å²) in [6.07, 6.45) is 2.29. The van der Waals surface area contributed by atoms with Gasteiger partial charge >= 0.3 is 0 Å². The Balaban J connectivity index is 1.71. The summed E-state index contributed by atoms with van der Waals surface area (Å²) in [7, 11) is 3.25. The molecule has 2 aromatic rings. The third-order valence-corrected chi connectivity index (χ3v) is 3.80. The fourth-order valence-corrected chi connectivity index (χ4v) is 2.48. The van der Waals surface area contributed by atoms with Crippen molar-refractivity contribution < 1.29 is 14.3 Å². The van der Waals surface area contributed by atoms with Gasteiger partial charge in [0.2, 0.25) is 5.91 Å². The highest BCUT2D eigenvalue weighted by atomic mass is 16.5. The Hall–Kier alpha value is -2.82. The van der Waals surface area contributed by atoms with Gasteiger partial charge in [-0.05, 0) is 48.5 Å². The van der Waals surface area contributed by atoms with Crippen LogP contribution in [0.5, 0.6) is 11.5 Å². The van der Waals surface area contributed by atoms with Crippen LogP contribution in [0.3, 0.4) is 0 Å². The maximum atomic E-state index is 11.9.